The summed E-state index contributed by atoms with van der Waals surface area (Å²) >= 11 is 0. The van der Waals surface area contributed by atoms with Crippen molar-refractivity contribution in [2.24, 2.45) is 0 Å². The standard InChI is InChI=1S/2C10H7N2.Pt/c2*1-2-4-9(5-3-1)10-8-11-6-7-12-10;/h2*1-4,6-8H;/q2*-1;+2. The van der Waals surface area contributed by atoms with Crippen molar-refractivity contribution >= 4 is 0 Å². The maximum Gasteiger partial charge on any atom is 2.00 e. The Morgan fingerprint density at radius 3 is 1.40 bits per heavy atom. The van der Waals surface area contributed by atoms with Crippen LogP contribution in [0.15, 0.2) is 85.7 Å². The Morgan fingerprint density at radius 1 is 0.600 bits per heavy atom. The maximum absolute atomic E-state index is 4.16. The number of benzene rings is 2. The van der Waals surface area contributed by atoms with Crippen LogP contribution in [0.2, 0.25) is 0 Å². The van der Waals surface area contributed by atoms with Crippen LogP contribution in [0.3, 0.4) is 0 Å². The number of hydrogen-bond donors (Lipinski definition) is 0. The average Bonchev–Trinajstić information content (AvgIpc) is 2.71. The minimum atomic E-state index is 0. The molecule has 2 aromatic carbocycles. The third kappa shape index (κ3) is 5.70. The van der Waals surface area contributed by atoms with Crippen LogP contribution in [0.25, 0.3) is 22.5 Å². The van der Waals surface area contributed by atoms with Crippen molar-refractivity contribution in [1.82, 2.24) is 19.9 Å². The molecule has 0 fully saturated rings. The van der Waals surface area contributed by atoms with Gasteiger partial charge in [-0.15, -0.1) is 71.8 Å². The third-order valence-electron chi connectivity index (χ3n) is 3.10. The molecule has 2 aromatic heterocycles. The normalized spacial score (nSPS) is 9.28. The van der Waals surface area contributed by atoms with E-state index in [9.17, 15) is 0 Å². The number of nitrogens with zero attached hydrogens (tertiary/aromatic N) is 4. The Morgan fingerprint density at radius 2 is 1.08 bits per heavy atom. The topological polar surface area (TPSA) is 51.6 Å². The predicted molar refractivity (Wildman–Crippen MR) is 92.6 cm³/mol. The summed E-state index contributed by atoms with van der Waals surface area (Å²) in [7, 11) is 0. The van der Waals surface area contributed by atoms with E-state index in [2.05, 4.69) is 32.1 Å². The van der Waals surface area contributed by atoms with Crippen molar-refractivity contribution < 1.29 is 21.1 Å². The third-order valence-corrected chi connectivity index (χ3v) is 3.10. The van der Waals surface area contributed by atoms with Crippen LogP contribution in [0.1, 0.15) is 0 Å². The van der Waals surface area contributed by atoms with Crippen LogP contribution >= 0.6 is 0 Å². The molecule has 2 heterocycles. The summed E-state index contributed by atoms with van der Waals surface area (Å²) < 4.78 is 0. The molecule has 4 nitrogen and oxygen atoms in total. The fraction of sp³-hybridized carbons (Fsp3) is 0. The largest absolute Gasteiger partial charge is 2.00 e. The summed E-state index contributed by atoms with van der Waals surface area (Å²) in [5.74, 6) is 0. The van der Waals surface area contributed by atoms with Crippen LogP contribution in [0, 0.1) is 12.1 Å². The number of aromatic nitrogens is 4. The summed E-state index contributed by atoms with van der Waals surface area (Å²) in [5.41, 5.74) is 3.67. The molecule has 0 unspecified atom stereocenters. The fourth-order valence-corrected chi connectivity index (χ4v) is 1.98. The number of rotatable bonds is 2. The first-order valence-electron chi connectivity index (χ1n) is 7.40. The summed E-state index contributed by atoms with van der Waals surface area (Å²) in [6, 6.07) is 21.6. The first-order chi connectivity index (χ1) is 11.9. The van der Waals surface area contributed by atoms with Gasteiger partial charge in [0.2, 0.25) is 0 Å². The van der Waals surface area contributed by atoms with E-state index in [0.29, 0.717) is 0 Å². The second-order valence-corrected chi connectivity index (χ2v) is 4.73. The Labute approximate surface area is 161 Å². The summed E-state index contributed by atoms with van der Waals surface area (Å²) in [6.45, 7) is 0. The van der Waals surface area contributed by atoms with E-state index in [0.717, 1.165) is 22.5 Å². The minimum absolute atomic E-state index is 0. The molecule has 25 heavy (non-hydrogen) atoms. The Balaban J connectivity index is 0.000000173. The number of hydrogen-bond acceptors (Lipinski definition) is 4. The molecule has 4 aromatic rings. The van der Waals surface area contributed by atoms with Gasteiger partial charge in [0.25, 0.3) is 0 Å². The Hall–Kier alpha value is -2.71. The van der Waals surface area contributed by atoms with Gasteiger partial charge >= 0.3 is 21.1 Å². The first-order valence-corrected chi connectivity index (χ1v) is 7.40. The molecule has 0 aliphatic rings. The van der Waals surface area contributed by atoms with Gasteiger partial charge in [0.05, 0.1) is 0 Å². The molecule has 5 heteroatoms. The monoisotopic (exact) mass is 505 g/mol. The van der Waals surface area contributed by atoms with Gasteiger partial charge in [0, 0.05) is 48.6 Å². The zero-order chi connectivity index (χ0) is 16.5. The SMILES string of the molecule is [Pt+2].[c-]1ccccc1-c1cnccn1.[c-]1ccccc1-c1cnccn1. The molecule has 0 aliphatic heterocycles. The van der Waals surface area contributed by atoms with E-state index in [1.807, 2.05) is 48.5 Å². The molecule has 0 radical (unpaired) electrons. The van der Waals surface area contributed by atoms with Crippen molar-refractivity contribution in [3.63, 3.8) is 0 Å². The second-order valence-electron chi connectivity index (χ2n) is 4.73. The molecule has 0 N–H and O–H groups in total. The predicted octanol–water partition coefficient (Wildman–Crippen LogP) is 3.89. The van der Waals surface area contributed by atoms with Gasteiger partial charge in [-0.3, -0.25) is 9.97 Å². The maximum atomic E-state index is 4.16. The molecule has 0 atom stereocenters. The van der Waals surface area contributed by atoms with Crippen LogP contribution in [0.5, 0.6) is 0 Å². The zero-order valence-corrected chi connectivity index (χ0v) is 15.5. The van der Waals surface area contributed by atoms with E-state index in [4.69, 9.17) is 0 Å². The zero-order valence-electron chi connectivity index (χ0n) is 13.2. The van der Waals surface area contributed by atoms with Gasteiger partial charge in [-0.05, 0) is 0 Å². The molecule has 0 saturated heterocycles. The van der Waals surface area contributed by atoms with Crippen LogP contribution in [-0.4, -0.2) is 19.9 Å². The van der Waals surface area contributed by atoms with Crippen molar-refractivity contribution in [2.75, 3.05) is 0 Å². The van der Waals surface area contributed by atoms with Crippen molar-refractivity contribution in [2.45, 2.75) is 0 Å². The summed E-state index contributed by atoms with van der Waals surface area (Å²) in [5, 5.41) is 0. The molecule has 124 valence electrons. The Kier molecular flexibility index (Phi) is 7.61. The van der Waals surface area contributed by atoms with Gasteiger partial charge < -0.3 is 9.97 Å². The molecular formula is C20H14N4Pt. The second kappa shape index (κ2) is 10.2. The van der Waals surface area contributed by atoms with Crippen LogP contribution in [-0.2, 0) is 21.1 Å². The fourth-order valence-electron chi connectivity index (χ4n) is 1.98. The van der Waals surface area contributed by atoms with Crippen molar-refractivity contribution in [3.05, 3.63) is 97.8 Å². The molecule has 0 saturated carbocycles. The van der Waals surface area contributed by atoms with E-state index in [-0.39, 0.29) is 21.1 Å². The van der Waals surface area contributed by atoms with Gasteiger partial charge in [-0.25, -0.2) is 0 Å². The Bertz CT molecular complexity index is 692. The molecule has 0 spiro atoms. The smallest absolute Gasteiger partial charge is 0.302 e. The molecule has 0 aliphatic carbocycles. The van der Waals surface area contributed by atoms with Gasteiger partial charge in [-0.1, -0.05) is 0 Å². The minimum Gasteiger partial charge on any atom is -0.302 e. The van der Waals surface area contributed by atoms with E-state index >= 15 is 0 Å². The van der Waals surface area contributed by atoms with E-state index < -0.39 is 0 Å². The van der Waals surface area contributed by atoms with Crippen LogP contribution in [0.4, 0.5) is 0 Å². The van der Waals surface area contributed by atoms with Gasteiger partial charge in [-0.2, -0.15) is 0 Å². The molecule has 0 bridgehead atoms. The first kappa shape index (κ1) is 18.6. The quantitative estimate of drug-likeness (QED) is 0.388. The van der Waals surface area contributed by atoms with Crippen molar-refractivity contribution in [1.29, 1.82) is 0 Å². The average molecular weight is 505 g/mol. The van der Waals surface area contributed by atoms with Gasteiger partial charge in [0.1, 0.15) is 0 Å². The van der Waals surface area contributed by atoms with Gasteiger partial charge in [0.15, 0.2) is 0 Å². The van der Waals surface area contributed by atoms with E-state index in [1.54, 1.807) is 37.2 Å². The summed E-state index contributed by atoms with van der Waals surface area (Å²) in [6.07, 6.45) is 10.1. The molecule has 4 rings (SSSR count). The molecular weight excluding hydrogens is 491 g/mol. The van der Waals surface area contributed by atoms with Crippen LogP contribution < -0.4 is 0 Å². The molecule has 0 amide bonds. The summed E-state index contributed by atoms with van der Waals surface area (Å²) in [4.78, 5) is 16.3. The van der Waals surface area contributed by atoms with Crippen molar-refractivity contribution in [3.8, 4) is 22.5 Å². The van der Waals surface area contributed by atoms with E-state index in [1.165, 1.54) is 0 Å².